The minimum Gasteiger partial charge on any atom is -0.354 e. The standard InChI is InChI=1S/C9H16N2O3S2/c12-9(8-4-15-6-11-8)10-3-7-1-2-16(13,14)5-7/h7-8,11H,1-6H2,(H,10,12). The van der Waals surface area contributed by atoms with Gasteiger partial charge >= 0.3 is 0 Å². The van der Waals surface area contributed by atoms with Gasteiger partial charge in [0.05, 0.1) is 17.5 Å². The highest BCUT2D eigenvalue weighted by molar-refractivity contribution is 7.99. The summed E-state index contributed by atoms with van der Waals surface area (Å²) in [6, 6.07) is -0.108. The lowest BCUT2D eigenvalue weighted by molar-refractivity contribution is -0.122. The fraction of sp³-hybridized carbons (Fsp3) is 0.889. The van der Waals surface area contributed by atoms with Gasteiger partial charge in [0.2, 0.25) is 5.91 Å². The van der Waals surface area contributed by atoms with Crippen LogP contribution in [0, 0.1) is 5.92 Å². The van der Waals surface area contributed by atoms with Gasteiger partial charge in [-0.2, -0.15) is 0 Å². The minimum atomic E-state index is -2.83. The molecule has 16 heavy (non-hydrogen) atoms. The van der Waals surface area contributed by atoms with Crippen LogP contribution in [0.1, 0.15) is 6.42 Å². The van der Waals surface area contributed by atoms with Gasteiger partial charge in [0, 0.05) is 18.2 Å². The van der Waals surface area contributed by atoms with E-state index < -0.39 is 9.84 Å². The van der Waals surface area contributed by atoms with Crippen molar-refractivity contribution in [2.75, 3.05) is 29.7 Å². The van der Waals surface area contributed by atoms with Crippen molar-refractivity contribution < 1.29 is 13.2 Å². The van der Waals surface area contributed by atoms with E-state index in [9.17, 15) is 13.2 Å². The summed E-state index contributed by atoms with van der Waals surface area (Å²) in [5.41, 5.74) is 0. The first-order valence-corrected chi connectivity index (χ1v) is 8.34. The molecule has 0 bridgehead atoms. The number of carbonyl (C=O) groups excluding carboxylic acids is 1. The van der Waals surface area contributed by atoms with Gasteiger partial charge in [-0.1, -0.05) is 0 Å². The Morgan fingerprint density at radius 2 is 2.31 bits per heavy atom. The van der Waals surface area contributed by atoms with Crippen LogP contribution in [0.5, 0.6) is 0 Å². The van der Waals surface area contributed by atoms with Gasteiger partial charge in [-0.25, -0.2) is 8.42 Å². The molecule has 2 aliphatic rings. The van der Waals surface area contributed by atoms with Crippen molar-refractivity contribution in [2.45, 2.75) is 12.5 Å². The van der Waals surface area contributed by atoms with E-state index in [1.807, 2.05) is 0 Å². The molecule has 0 aromatic heterocycles. The monoisotopic (exact) mass is 264 g/mol. The number of hydrogen-bond acceptors (Lipinski definition) is 5. The Kier molecular flexibility index (Phi) is 3.76. The number of amides is 1. The Hall–Kier alpha value is -0.270. The fourth-order valence-corrected chi connectivity index (χ4v) is 4.77. The Bertz CT molecular complexity index is 363. The zero-order valence-corrected chi connectivity index (χ0v) is 10.6. The normalized spacial score (nSPS) is 32.8. The van der Waals surface area contributed by atoms with Crippen LogP contribution < -0.4 is 10.6 Å². The number of sulfone groups is 1. The lowest BCUT2D eigenvalue weighted by Crippen LogP contribution is -2.43. The Labute approximate surface area is 99.7 Å². The Morgan fingerprint density at radius 3 is 2.88 bits per heavy atom. The summed E-state index contributed by atoms with van der Waals surface area (Å²) in [4.78, 5) is 11.6. The molecule has 2 aliphatic heterocycles. The Morgan fingerprint density at radius 1 is 1.50 bits per heavy atom. The second kappa shape index (κ2) is 4.93. The summed E-state index contributed by atoms with van der Waals surface area (Å²) < 4.78 is 22.4. The zero-order chi connectivity index (χ0) is 11.6. The molecule has 0 aromatic carbocycles. The SMILES string of the molecule is O=C(NCC1CCS(=O)(=O)C1)C1CSCN1. The number of carbonyl (C=O) groups is 1. The summed E-state index contributed by atoms with van der Waals surface area (Å²) in [7, 11) is -2.83. The molecule has 0 aromatic rings. The molecular formula is C9H16N2O3S2. The van der Waals surface area contributed by atoms with Crippen molar-refractivity contribution in [3.8, 4) is 0 Å². The lowest BCUT2D eigenvalue weighted by Gasteiger charge is -2.13. The second-order valence-electron chi connectivity index (χ2n) is 4.29. The van der Waals surface area contributed by atoms with E-state index in [0.717, 1.165) is 11.6 Å². The molecule has 2 heterocycles. The van der Waals surface area contributed by atoms with Crippen molar-refractivity contribution in [3.63, 3.8) is 0 Å². The van der Waals surface area contributed by atoms with Crippen LogP contribution in [-0.2, 0) is 14.6 Å². The molecule has 0 radical (unpaired) electrons. The first-order chi connectivity index (χ1) is 7.57. The molecule has 1 amide bonds. The first kappa shape index (κ1) is 12.2. The number of nitrogens with one attached hydrogen (secondary N) is 2. The summed E-state index contributed by atoms with van der Waals surface area (Å²) in [5.74, 6) is 2.20. The third-order valence-corrected chi connectivity index (χ3v) is 5.70. The van der Waals surface area contributed by atoms with Crippen LogP contribution in [-0.4, -0.2) is 50.0 Å². The average Bonchev–Trinajstić information content (AvgIpc) is 2.83. The van der Waals surface area contributed by atoms with Gasteiger partial charge < -0.3 is 5.32 Å². The predicted octanol–water partition coefficient (Wildman–Crippen LogP) is -0.800. The topological polar surface area (TPSA) is 75.3 Å². The molecule has 2 rings (SSSR count). The van der Waals surface area contributed by atoms with E-state index in [0.29, 0.717) is 13.0 Å². The van der Waals surface area contributed by atoms with Crippen molar-refractivity contribution in [1.29, 1.82) is 0 Å². The maximum Gasteiger partial charge on any atom is 0.238 e. The van der Waals surface area contributed by atoms with Crippen LogP contribution >= 0.6 is 11.8 Å². The summed E-state index contributed by atoms with van der Waals surface area (Å²) in [6.45, 7) is 0.487. The minimum absolute atomic E-state index is 0.00528. The van der Waals surface area contributed by atoms with Crippen LogP contribution in [0.25, 0.3) is 0 Å². The van der Waals surface area contributed by atoms with Crippen LogP contribution in [0.2, 0.25) is 0 Å². The molecule has 0 spiro atoms. The molecule has 2 N–H and O–H groups in total. The smallest absolute Gasteiger partial charge is 0.238 e. The summed E-state index contributed by atoms with van der Waals surface area (Å²) in [5, 5.41) is 5.91. The van der Waals surface area contributed by atoms with Crippen LogP contribution in [0.4, 0.5) is 0 Å². The second-order valence-corrected chi connectivity index (χ2v) is 7.55. The molecule has 0 saturated carbocycles. The van der Waals surface area contributed by atoms with E-state index in [2.05, 4.69) is 10.6 Å². The molecule has 2 saturated heterocycles. The zero-order valence-electron chi connectivity index (χ0n) is 8.94. The number of hydrogen-bond donors (Lipinski definition) is 2. The molecule has 7 heteroatoms. The number of thioether (sulfide) groups is 1. The highest BCUT2D eigenvalue weighted by Crippen LogP contribution is 2.17. The largest absolute Gasteiger partial charge is 0.354 e. The molecule has 92 valence electrons. The molecule has 5 nitrogen and oxygen atoms in total. The van der Waals surface area contributed by atoms with E-state index in [1.54, 1.807) is 11.8 Å². The molecule has 2 unspecified atom stereocenters. The number of rotatable bonds is 3. The maximum atomic E-state index is 11.6. The first-order valence-electron chi connectivity index (χ1n) is 5.36. The van der Waals surface area contributed by atoms with Gasteiger partial charge in [-0.3, -0.25) is 10.1 Å². The molecular weight excluding hydrogens is 248 g/mol. The van der Waals surface area contributed by atoms with Gasteiger partial charge in [0.1, 0.15) is 0 Å². The quantitative estimate of drug-likeness (QED) is 0.698. The highest BCUT2D eigenvalue weighted by Gasteiger charge is 2.29. The highest BCUT2D eigenvalue weighted by atomic mass is 32.2. The van der Waals surface area contributed by atoms with E-state index in [-0.39, 0.29) is 29.4 Å². The fourth-order valence-electron chi connectivity index (χ4n) is 1.96. The summed E-state index contributed by atoms with van der Waals surface area (Å²) in [6.07, 6.45) is 0.676. The predicted molar refractivity (Wildman–Crippen MR) is 64.0 cm³/mol. The van der Waals surface area contributed by atoms with Crippen molar-refractivity contribution in [3.05, 3.63) is 0 Å². The summed E-state index contributed by atoms with van der Waals surface area (Å²) >= 11 is 1.70. The van der Waals surface area contributed by atoms with E-state index in [4.69, 9.17) is 0 Å². The maximum absolute atomic E-state index is 11.6. The van der Waals surface area contributed by atoms with Gasteiger partial charge in [0.15, 0.2) is 9.84 Å². The lowest BCUT2D eigenvalue weighted by atomic mass is 10.1. The molecule has 2 fully saturated rings. The Balaban J connectivity index is 1.73. The van der Waals surface area contributed by atoms with E-state index >= 15 is 0 Å². The van der Waals surface area contributed by atoms with Crippen LogP contribution in [0.3, 0.4) is 0 Å². The third-order valence-electron chi connectivity index (χ3n) is 2.92. The van der Waals surface area contributed by atoms with Gasteiger partial charge in [-0.05, 0) is 12.3 Å². The van der Waals surface area contributed by atoms with Gasteiger partial charge in [0.25, 0.3) is 0 Å². The molecule has 0 aliphatic carbocycles. The van der Waals surface area contributed by atoms with Crippen molar-refractivity contribution in [1.82, 2.24) is 10.6 Å². The van der Waals surface area contributed by atoms with Crippen molar-refractivity contribution >= 4 is 27.5 Å². The average molecular weight is 264 g/mol. The van der Waals surface area contributed by atoms with Crippen molar-refractivity contribution in [2.24, 2.45) is 5.92 Å². The van der Waals surface area contributed by atoms with Gasteiger partial charge in [-0.15, -0.1) is 11.8 Å². The van der Waals surface area contributed by atoms with E-state index in [1.165, 1.54) is 0 Å². The molecule has 2 atom stereocenters. The van der Waals surface area contributed by atoms with Crippen LogP contribution in [0.15, 0.2) is 0 Å². The third kappa shape index (κ3) is 3.11.